The molecule has 1 aromatic heterocycles. The van der Waals surface area contributed by atoms with Gasteiger partial charge in [-0.1, -0.05) is 52.5 Å². The zero-order chi connectivity index (χ0) is 18.6. The van der Waals surface area contributed by atoms with Gasteiger partial charge in [-0.25, -0.2) is 4.79 Å². The van der Waals surface area contributed by atoms with Gasteiger partial charge in [0.15, 0.2) is 0 Å². The van der Waals surface area contributed by atoms with Gasteiger partial charge in [0, 0.05) is 13.2 Å². The van der Waals surface area contributed by atoms with Crippen molar-refractivity contribution >= 4 is 11.5 Å². The summed E-state index contributed by atoms with van der Waals surface area (Å²) in [5, 5.41) is 9.21. The van der Waals surface area contributed by atoms with Crippen LogP contribution in [0.5, 0.6) is 0 Å². The number of aryl methyl sites for hydroxylation is 1. The topological polar surface area (TPSA) is 42.2 Å². The Morgan fingerprint density at radius 1 is 1.04 bits per heavy atom. The minimum absolute atomic E-state index is 0.119. The lowest BCUT2D eigenvalue weighted by Crippen LogP contribution is -2.33. The Morgan fingerprint density at radius 2 is 1.64 bits per heavy atom. The second-order valence-corrected chi connectivity index (χ2v) is 8.54. The first-order valence-electron chi connectivity index (χ1n) is 8.77. The van der Waals surface area contributed by atoms with Gasteiger partial charge in [0.25, 0.3) is 0 Å². The number of carboxylic acids is 1. The molecule has 0 atom stereocenters. The first-order chi connectivity index (χ1) is 11.5. The Bertz CT molecular complexity index is 868. The van der Waals surface area contributed by atoms with Gasteiger partial charge in [-0.15, -0.1) is 0 Å². The number of fused-ring (bicyclic) bond motifs is 1. The highest BCUT2D eigenvalue weighted by Crippen LogP contribution is 2.46. The number of nitrogens with zero attached hydrogens (tertiary/aromatic N) is 1. The van der Waals surface area contributed by atoms with Crippen LogP contribution in [0.2, 0.25) is 0 Å². The average Bonchev–Trinajstić information content (AvgIpc) is 2.92. The van der Waals surface area contributed by atoms with Crippen molar-refractivity contribution in [2.45, 2.75) is 51.4 Å². The van der Waals surface area contributed by atoms with Crippen LogP contribution in [0.15, 0.2) is 37.0 Å². The van der Waals surface area contributed by atoms with E-state index in [0.717, 1.165) is 11.1 Å². The fourth-order valence-electron chi connectivity index (χ4n) is 3.90. The SMILES string of the molecule is C=C(C(=O)O)c1cc(-c2ccc3c(c2)C(C)(C)CCC3(C)C)cn1C. The van der Waals surface area contributed by atoms with Gasteiger partial charge in [-0.2, -0.15) is 0 Å². The molecular formula is C22H27NO2. The maximum absolute atomic E-state index is 11.2. The van der Waals surface area contributed by atoms with Gasteiger partial charge in [-0.05, 0) is 52.0 Å². The van der Waals surface area contributed by atoms with E-state index in [1.54, 1.807) is 0 Å². The van der Waals surface area contributed by atoms with E-state index < -0.39 is 5.97 Å². The highest BCUT2D eigenvalue weighted by atomic mass is 16.4. The molecule has 2 aromatic rings. The second kappa shape index (κ2) is 5.62. The van der Waals surface area contributed by atoms with Gasteiger partial charge in [0.1, 0.15) is 0 Å². The summed E-state index contributed by atoms with van der Waals surface area (Å²) in [6.45, 7) is 12.9. The fourth-order valence-corrected chi connectivity index (χ4v) is 3.90. The van der Waals surface area contributed by atoms with Crippen molar-refractivity contribution in [1.29, 1.82) is 0 Å². The predicted molar refractivity (Wildman–Crippen MR) is 103 cm³/mol. The summed E-state index contributed by atoms with van der Waals surface area (Å²) in [6.07, 6.45) is 4.35. The fraction of sp³-hybridized carbons (Fsp3) is 0.409. The smallest absolute Gasteiger partial charge is 0.337 e. The number of aliphatic carboxylic acids is 1. The molecule has 132 valence electrons. The standard InChI is InChI=1S/C22H27NO2/c1-14(20(24)25)19-12-16(13-23(19)6)15-7-8-17-18(11-15)22(4,5)10-9-21(17,2)3/h7-8,11-13H,1,9-10H2,2-6H3,(H,24,25). The molecular weight excluding hydrogens is 310 g/mol. The molecule has 0 saturated heterocycles. The Morgan fingerprint density at radius 3 is 2.24 bits per heavy atom. The molecule has 3 nitrogen and oxygen atoms in total. The quantitative estimate of drug-likeness (QED) is 0.788. The lowest BCUT2D eigenvalue weighted by Gasteiger charge is -2.42. The predicted octanol–water partition coefficient (Wildman–Crippen LogP) is 5.14. The molecule has 0 aliphatic heterocycles. The lowest BCUT2D eigenvalue weighted by molar-refractivity contribution is -0.130. The number of benzene rings is 1. The molecule has 1 aliphatic carbocycles. The van der Waals surface area contributed by atoms with Crippen LogP contribution >= 0.6 is 0 Å². The van der Waals surface area contributed by atoms with Crippen LogP contribution in [0.25, 0.3) is 16.7 Å². The van der Waals surface area contributed by atoms with Crippen molar-refractivity contribution in [3.63, 3.8) is 0 Å². The van der Waals surface area contributed by atoms with E-state index in [1.807, 2.05) is 23.9 Å². The number of carbonyl (C=O) groups is 1. The highest BCUT2D eigenvalue weighted by Gasteiger charge is 2.37. The molecule has 0 radical (unpaired) electrons. The van der Waals surface area contributed by atoms with E-state index in [-0.39, 0.29) is 16.4 Å². The second-order valence-electron chi connectivity index (χ2n) is 8.54. The molecule has 1 aromatic carbocycles. The number of carboxylic acid groups (broad SMARTS) is 1. The highest BCUT2D eigenvalue weighted by molar-refractivity contribution is 6.14. The number of hydrogen-bond acceptors (Lipinski definition) is 1. The Hall–Kier alpha value is -2.29. The molecule has 1 aliphatic rings. The van der Waals surface area contributed by atoms with E-state index >= 15 is 0 Å². The summed E-state index contributed by atoms with van der Waals surface area (Å²) in [4.78, 5) is 11.2. The summed E-state index contributed by atoms with van der Waals surface area (Å²) in [6, 6.07) is 8.62. The van der Waals surface area contributed by atoms with Crippen LogP contribution in [0, 0.1) is 0 Å². The van der Waals surface area contributed by atoms with Crippen molar-refractivity contribution in [2.75, 3.05) is 0 Å². The van der Waals surface area contributed by atoms with Gasteiger partial charge >= 0.3 is 5.97 Å². The Labute approximate surface area is 150 Å². The Balaban J connectivity index is 2.11. The van der Waals surface area contributed by atoms with Crippen molar-refractivity contribution in [3.05, 3.63) is 53.9 Å². The van der Waals surface area contributed by atoms with Crippen molar-refractivity contribution in [1.82, 2.24) is 4.57 Å². The molecule has 3 rings (SSSR count). The van der Waals surface area contributed by atoms with Gasteiger partial charge in [-0.3, -0.25) is 0 Å². The molecule has 25 heavy (non-hydrogen) atoms. The first-order valence-corrected chi connectivity index (χ1v) is 8.77. The molecule has 0 bridgehead atoms. The van der Waals surface area contributed by atoms with Gasteiger partial charge in [0.05, 0.1) is 11.3 Å². The molecule has 1 heterocycles. The minimum Gasteiger partial charge on any atom is -0.478 e. The van der Waals surface area contributed by atoms with Crippen LogP contribution < -0.4 is 0 Å². The van der Waals surface area contributed by atoms with Crippen LogP contribution in [0.4, 0.5) is 0 Å². The summed E-state index contributed by atoms with van der Waals surface area (Å²) in [7, 11) is 1.86. The van der Waals surface area contributed by atoms with Gasteiger partial charge < -0.3 is 9.67 Å². The van der Waals surface area contributed by atoms with E-state index in [1.165, 1.54) is 24.0 Å². The van der Waals surface area contributed by atoms with E-state index in [9.17, 15) is 9.90 Å². The maximum Gasteiger partial charge on any atom is 0.337 e. The monoisotopic (exact) mass is 337 g/mol. The summed E-state index contributed by atoms with van der Waals surface area (Å²) >= 11 is 0. The zero-order valence-electron chi connectivity index (χ0n) is 15.8. The van der Waals surface area contributed by atoms with E-state index in [4.69, 9.17) is 0 Å². The third-order valence-electron chi connectivity index (χ3n) is 5.76. The summed E-state index contributed by atoms with van der Waals surface area (Å²) in [5.41, 5.74) is 6.10. The molecule has 0 unspecified atom stereocenters. The molecule has 3 heteroatoms. The van der Waals surface area contributed by atoms with Crippen LogP contribution in [-0.2, 0) is 22.7 Å². The van der Waals surface area contributed by atoms with Crippen molar-refractivity contribution in [3.8, 4) is 11.1 Å². The Kier molecular flexibility index (Phi) is 3.94. The van der Waals surface area contributed by atoms with Crippen molar-refractivity contribution < 1.29 is 9.90 Å². The van der Waals surface area contributed by atoms with Crippen LogP contribution in [0.1, 0.15) is 57.4 Å². The molecule has 0 fully saturated rings. The molecule has 1 N–H and O–H groups in total. The summed E-state index contributed by atoms with van der Waals surface area (Å²) < 4.78 is 1.83. The first kappa shape index (κ1) is 17.5. The summed E-state index contributed by atoms with van der Waals surface area (Å²) in [5.74, 6) is -0.985. The van der Waals surface area contributed by atoms with Crippen molar-refractivity contribution in [2.24, 2.45) is 7.05 Å². The zero-order valence-corrected chi connectivity index (χ0v) is 15.8. The lowest BCUT2D eigenvalue weighted by atomic mass is 9.63. The number of hydrogen-bond donors (Lipinski definition) is 1. The minimum atomic E-state index is -0.985. The molecule has 0 spiro atoms. The van der Waals surface area contributed by atoms with Crippen LogP contribution in [0.3, 0.4) is 0 Å². The molecule has 0 amide bonds. The van der Waals surface area contributed by atoms with Gasteiger partial charge in [0.2, 0.25) is 0 Å². The van der Waals surface area contributed by atoms with Crippen LogP contribution in [-0.4, -0.2) is 15.6 Å². The van der Waals surface area contributed by atoms with E-state index in [0.29, 0.717) is 5.69 Å². The largest absolute Gasteiger partial charge is 0.478 e. The number of aromatic nitrogens is 1. The third-order valence-corrected chi connectivity index (χ3v) is 5.76. The third kappa shape index (κ3) is 2.92. The number of rotatable bonds is 3. The molecule has 0 saturated carbocycles. The normalized spacial score (nSPS) is 17.8. The van der Waals surface area contributed by atoms with E-state index in [2.05, 4.69) is 52.5 Å². The average molecular weight is 337 g/mol. The maximum atomic E-state index is 11.2.